The number of nitrogens with zero attached hydrogens (tertiary/aromatic N) is 3. The molecular formula is C19H28ClFN4O2. The summed E-state index contributed by atoms with van der Waals surface area (Å²) < 4.78 is 13.7. The van der Waals surface area contributed by atoms with Gasteiger partial charge in [0.15, 0.2) is 0 Å². The number of benzene rings is 1. The summed E-state index contributed by atoms with van der Waals surface area (Å²) >= 11 is 0. The minimum Gasteiger partial charge on any atom is -0.340 e. The number of piperazine rings is 2. The maximum absolute atomic E-state index is 13.7. The standard InChI is InChI=1S/C19H27FN4O2.ClH/c1-15-2-3-16(14-17(15)20)19(26)24-12-10-22(11-13-24)7-4-18(25)23-8-5-21-6-9-23;/h2-3,14,21H,4-13H2,1H3;1H. The van der Waals surface area contributed by atoms with Crippen LogP contribution in [-0.2, 0) is 4.79 Å². The summed E-state index contributed by atoms with van der Waals surface area (Å²) in [5.74, 6) is -0.263. The molecule has 1 N–H and O–H groups in total. The van der Waals surface area contributed by atoms with Crippen molar-refractivity contribution in [1.82, 2.24) is 20.0 Å². The molecule has 8 heteroatoms. The van der Waals surface area contributed by atoms with E-state index in [1.54, 1.807) is 24.0 Å². The Labute approximate surface area is 166 Å². The lowest BCUT2D eigenvalue weighted by Crippen LogP contribution is -2.50. The molecule has 27 heavy (non-hydrogen) atoms. The van der Waals surface area contributed by atoms with E-state index in [4.69, 9.17) is 0 Å². The van der Waals surface area contributed by atoms with Crippen LogP contribution >= 0.6 is 12.4 Å². The molecule has 1 aromatic carbocycles. The number of carbonyl (C=O) groups excluding carboxylic acids is 2. The highest BCUT2D eigenvalue weighted by Gasteiger charge is 2.24. The molecule has 0 radical (unpaired) electrons. The van der Waals surface area contributed by atoms with Gasteiger partial charge in [-0.1, -0.05) is 6.07 Å². The van der Waals surface area contributed by atoms with E-state index in [-0.39, 0.29) is 30.0 Å². The zero-order valence-corrected chi connectivity index (χ0v) is 16.6. The summed E-state index contributed by atoms with van der Waals surface area (Å²) in [6, 6.07) is 4.63. The normalized spacial score (nSPS) is 18.1. The first kappa shape index (κ1) is 21.6. The molecular weight excluding hydrogens is 371 g/mol. The number of aryl methyl sites for hydroxylation is 1. The van der Waals surface area contributed by atoms with Crippen LogP contribution in [-0.4, -0.2) is 85.4 Å². The van der Waals surface area contributed by atoms with Gasteiger partial charge in [0, 0.05) is 70.9 Å². The number of halogens is 2. The molecule has 2 saturated heterocycles. The van der Waals surface area contributed by atoms with Gasteiger partial charge in [0.25, 0.3) is 5.91 Å². The van der Waals surface area contributed by atoms with Crippen LogP contribution in [0.4, 0.5) is 4.39 Å². The predicted molar refractivity (Wildman–Crippen MR) is 105 cm³/mol. The van der Waals surface area contributed by atoms with Crippen molar-refractivity contribution in [2.45, 2.75) is 13.3 Å². The van der Waals surface area contributed by atoms with Gasteiger partial charge < -0.3 is 15.1 Å². The Morgan fingerprint density at radius 1 is 1.04 bits per heavy atom. The Morgan fingerprint density at radius 2 is 1.70 bits per heavy atom. The van der Waals surface area contributed by atoms with E-state index in [1.165, 1.54) is 6.07 Å². The molecule has 0 aliphatic carbocycles. The van der Waals surface area contributed by atoms with Crippen molar-refractivity contribution in [3.05, 3.63) is 35.1 Å². The monoisotopic (exact) mass is 398 g/mol. The predicted octanol–water partition coefficient (Wildman–Crippen LogP) is 1.14. The average molecular weight is 399 g/mol. The highest BCUT2D eigenvalue weighted by Crippen LogP contribution is 2.13. The maximum atomic E-state index is 13.7. The Kier molecular flexibility index (Phi) is 8.01. The van der Waals surface area contributed by atoms with Crippen molar-refractivity contribution in [2.24, 2.45) is 0 Å². The van der Waals surface area contributed by atoms with Crippen molar-refractivity contribution < 1.29 is 14.0 Å². The second-order valence-electron chi connectivity index (χ2n) is 6.98. The van der Waals surface area contributed by atoms with Gasteiger partial charge in [0.2, 0.25) is 5.91 Å². The highest BCUT2D eigenvalue weighted by molar-refractivity contribution is 5.94. The van der Waals surface area contributed by atoms with Gasteiger partial charge in [-0.25, -0.2) is 4.39 Å². The third kappa shape index (κ3) is 5.64. The van der Waals surface area contributed by atoms with Crippen LogP contribution in [0, 0.1) is 12.7 Å². The van der Waals surface area contributed by atoms with E-state index in [2.05, 4.69) is 10.2 Å². The highest BCUT2D eigenvalue weighted by atomic mass is 35.5. The Bertz CT molecular complexity index is 659. The van der Waals surface area contributed by atoms with E-state index in [9.17, 15) is 14.0 Å². The minimum atomic E-state index is -0.346. The third-order valence-electron chi connectivity index (χ3n) is 5.19. The van der Waals surface area contributed by atoms with Crippen molar-refractivity contribution in [1.29, 1.82) is 0 Å². The zero-order chi connectivity index (χ0) is 18.5. The zero-order valence-electron chi connectivity index (χ0n) is 15.7. The van der Waals surface area contributed by atoms with Crippen molar-refractivity contribution in [3.8, 4) is 0 Å². The molecule has 0 saturated carbocycles. The van der Waals surface area contributed by atoms with Gasteiger partial charge in [0.1, 0.15) is 5.82 Å². The van der Waals surface area contributed by atoms with E-state index in [1.807, 2.05) is 4.90 Å². The first-order valence-corrected chi connectivity index (χ1v) is 9.31. The number of rotatable bonds is 4. The molecule has 2 aliphatic heterocycles. The van der Waals surface area contributed by atoms with Crippen LogP contribution in [0.3, 0.4) is 0 Å². The van der Waals surface area contributed by atoms with Crippen LogP contribution in [0.25, 0.3) is 0 Å². The molecule has 150 valence electrons. The number of hydrogen-bond acceptors (Lipinski definition) is 4. The van der Waals surface area contributed by atoms with E-state index < -0.39 is 0 Å². The number of hydrogen-bond donors (Lipinski definition) is 1. The molecule has 6 nitrogen and oxygen atoms in total. The molecule has 2 heterocycles. The average Bonchev–Trinajstić information content (AvgIpc) is 2.69. The fourth-order valence-corrected chi connectivity index (χ4v) is 3.41. The summed E-state index contributed by atoms with van der Waals surface area (Å²) in [6.07, 6.45) is 0.525. The van der Waals surface area contributed by atoms with E-state index in [0.717, 1.165) is 45.8 Å². The van der Waals surface area contributed by atoms with Crippen LogP contribution in [0.2, 0.25) is 0 Å². The fraction of sp³-hybridized carbons (Fsp3) is 0.579. The molecule has 0 unspecified atom stereocenters. The quantitative estimate of drug-likeness (QED) is 0.826. The summed E-state index contributed by atoms with van der Waals surface area (Å²) in [4.78, 5) is 30.6. The van der Waals surface area contributed by atoms with Crippen LogP contribution in [0.1, 0.15) is 22.3 Å². The van der Waals surface area contributed by atoms with Crippen LogP contribution < -0.4 is 5.32 Å². The van der Waals surface area contributed by atoms with Crippen LogP contribution in [0.5, 0.6) is 0 Å². The number of nitrogens with one attached hydrogen (secondary N) is 1. The van der Waals surface area contributed by atoms with Gasteiger partial charge in [-0.05, 0) is 24.6 Å². The Morgan fingerprint density at radius 3 is 2.33 bits per heavy atom. The van der Waals surface area contributed by atoms with Gasteiger partial charge >= 0.3 is 0 Å². The summed E-state index contributed by atoms with van der Waals surface area (Å²) in [7, 11) is 0. The van der Waals surface area contributed by atoms with Crippen LogP contribution in [0.15, 0.2) is 18.2 Å². The summed E-state index contributed by atoms with van der Waals surface area (Å²) in [5, 5.41) is 3.25. The largest absolute Gasteiger partial charge is 0.340 e. The summed E-state index contributed by atoms with van der Waals surface area (Å²) in [6.45, 7) is 8.42. The second kappa shape index (κ2) is 10.0. The van der Waals surface area contributed by atoms with Crippen molar-refractivity contribution in [2.75, 3.05) is 58.9 Å². The number of amides is 2. The van der Waals surface area contributed by atoms with Gasteiger partial charge in [0.05, 0.1) is 0 Å². The van der Waals surface area contributed by atoms with Gasteiger partial charge in [-0.3, -0.25) is 14.5 Å². The first-order valence-electron chi connectivity index (χ1n) is 9.31. The van der Waals surface area contributed by atoms with E-state index >= 15 is 0 Å². The molecule has 0 bridgehead atoms. The summed E-state index contributed by atoms with van der Waals surface area (Å²) in [5.41, 5.74) is 0.941. The fourth-order valence-electron chi connectivity index (χ4n) is 3.41. The molecule has 0 spiro atoms. The lowest BCUT2D eigenvalue weighted by Gasteiger charge is -2.35. The second-order valence-corrected chi connectivity index (χ2v) is 6.98. The Hall–Kier alpha value is -1.70. The van der Waals surface area contributed by atoms with Gasteiger partial charge in [-0.2, -0.15) is 0 Å². The molecule has 2 aliphatic rings. The first-order chi connectivity index (χ1) is 12.5. The molecule has 1 aromatic rings. The lowest BCUT2D eigenvalue weighted by molar-refractivity contribution is -0.132. The molecule has 3 rings (SSSR count). The minimum absolute atomic E-state index is 0. The van der Waals surface area contributed by atoms with E-state index in [0.29, 0.717) is 30.6 Å². The van der Waals surface area contributed by atoms with Crippen molar-refractivity contribution >= 4 is 24.2 Å². The van der Waals surface area contributed by atoms with Gasteiger partial charge in [-0.15, -0.1) is 12.4 Å². The topological polar surface area (TPSA) is 55.9 Å². The molecule has 0 aromatic heterocycles. The lowest BCUT2D eigenvalue weighted by atomic mass is 10.1. The SMILES string of the molecule is Cc1ccc(C(=O)N2CCN(CCC(=O)N3CCNCC3)CC2)cc1F.Cl. The smallest absolute Gasteiger partial charge is 0.254 e. The molecule has 2 fully saturated rings. The molecule has 0 atom stereocenters. The van der Waals surface area contributed by atoms with Crippen molar-refractivity contribution in [3.63, 3.8) is 0 Å². The maximum Gasteiger partial charge on any atom is 0.254 e. The molecule has 2 amide bonds. The third-order valence-corrected chi connectivity index (χ3v) is 5.19. The Balaban J connectivity index is 0.00000261. The number of carbonyl (C=O) groups is 2.